The third-order valence-corrected chi connectivity index (χ3v) is 5.13. The molecule has 2 aromatic rings. The Kier molecular flexibility index (Phi) is 3.93. The maximum Gasteiger partial charge on any atom is 0.275 e. The van der Waals surface area contributed by atoms with Gasteiger partial charge < -0.3 is 0 Å². The number of hydrogen-bond donors (Lipinski definition) is 2. The number of fused-ring (bicyclic) bond motifs is 1. The molecule has 3 rings (SSSR count). The Hall–Kier alpha value is -1.50. The Balaban J connectivity index is 2.09. The normalized spacial score (nSPS) is 14.9. The van der Waals surface area contributed by atoms with E-state index in [1.54, 1.807) is 6.07 Å². The first-order chi connectivity index (χ1) is 10.2. The number of carbonyl (C=O) groups excluding carboxylic acids is 1. The Bertz CT molecular complexity index is 681. The zero-order chi connectivity index (χ0) is 15.0. The van der Waals surface area contributed by atoms with E-state index in [2.05, 4.69) is 17.2 Å². The molecule has 1 aliphatic carbocycles. The van der Waals surface area contributed by atoms with E-state index < -0.39 is 0 Å². The summed E-state index contributed by atoms with van der Waals surface area (Å²) < 4.78 is 15.0. The van der Waals surface area contributed by atoms with Gasteiger partial charge in [-0.3, -0.25) is 15.1 Å². The van der Waals surface area contributed by atoms with E-state index in [1.807, 2.05) is 6.07 Å². The second-order valence-corrected chi connectivity index (χ2v) is 6.34. The van der Waals surface area contributed by atoms with Crippen LogP contribution in [0, 0.1) is 5.82 Å². The number of nitrogen functional groups attached to an aromatic ring is 1. The van der Waals surface area contributed by atoms with Crippen LogP contribution >= 0.6 is 11.3 Å². The maximum absolute atomic E-state index is 14.2. The van der Waals surface area contributed by atoms with Crippen LogP contribution in [0.15, 0.2) is 18.2 Å². The zero-order valence-corrected chi connectivity index (χ0v) is 12.7. The van der Waals surface area contributed by atoms with Crippen molar-refractivity contribution in [2.24, 2.45) is 5.84 Å². The van der Waals surface area contributed by atoms with Gasteiger partial charge in [0.15, 0.2) is 0 Å². The van der Waals surface area contributed by atoms with Crippen molar-refractivity contribution in [1.29, 1.82) is 0 Å². The van der Waals surface area contributed by atoms with Gasteiger partial charge in [0.25, 0.3) is 5.91 Å². The third kappa shape index (κ3) is 2.66. The van der Waals surface area contributed by atoms with Crippen molar-refractivity contribution in [2.45, 2.75) is 32.4 Å². The van der Waals surface area contributed by atoms with Crippen molar-refractivity contribution in [3.8, 4) is 0 Å². The summed E-state index contributed by atoms with van der Waals surface area (Å²) in [7, 11) is 0. The Morgan fingerprint density at radius 3 is 2.90 bits per heavy atom. The molecule has 1 saturated carbocycles. The topological polar surface area (TPSA) is 58.4 Å². The van der Waals surface area contributed by atoms with Crippen LogP contribution in [-0.2, 0) is 6.54 Å². The van der Waals surface area contributed by atoms with Crippen molar-refractivity contribution in [1.82, 2.24) is 10.3 Å². The molecule has 1 aromatic carbocycles. The van der Waals surface area contributed by atoms with Gasteiger partial charge in [-0.15, -0.1) is 11.3 Å². The molecule has 0 radical (unpaired) electrons. The van der Waals surface area contributed by atoms with Crippen molar-refractivity contribution >= 4 is 27.3 Å². The zero-order valence-electron chi connectivity index (χ0n) is 11.9. The number of benzene rings is 1. The van der Waals surface area contributed by atoms with Crippen LogP contribution in [0.4, 0.5) is 4.39 Å². The van der Waals surface area contributed by atoms with Crippen LogP contribution < -0.4 is 11.3 Å². The molecule has 0 spiro atoms. The number of halogens is 1. The molecule has 1 heterocycles. The van der Waals surface area contributed by atoms with Gasteiger partial charge in [-0.25, -0.2) is 10.2 Å². The van der Waals surface area contributed by atoms with Gasteiger partial charge >= 0.3 is 0 Å². The first-order valence-corrected chi connectivity index (χ1v) is 7.92. The fourth-order valence-corrected chi connectivity index (χ4v) is 3.84. The highest BCUT2D eigenvalue weighted by Gasteiger charge is 2.30. The molecule has 1 fully saturated rings. The smallest absolute Gasteiger partial charge is 0.275 e. The first kappa shape index (κ1) is 14.4. The van der Waals surface area contributed by atoms with Crippen LogP contribution in [0.5, 0.6) is 0 Å². The fourth-order valence-electron chi connectivity index (χ4n) is 2.71. The molecular formula is C15H18FN3OS. The van der Waals surface area contributed by atoms with Gasteiger partial charge in [0, 0.05) is 28.2 Å². The molecule has 0 bridgehead atoms. The number of carbonyl (C=O) groups is 1. The number of nitrogens with two attached hydrogens (primary N) is 1. The standard InChI is InChI=1S/C15H18FN3OS/c1-2-19(9-6-7-9)8-10-13-11(16)4-3-5-12(13)21-14(10)15(20)18-17/h3-5,9H,2,6-8,17H2,1H3,(H,18,20). The van der Waals surface area contributed by atoms with Crippen molar-refractivity contribution in [3.63, 3.8) is 0 Å². The Labute approximate surface area is 126 Å². The third-order valence-electron chi connectivity index (χ3n) is 3.93. The molecule has 6 heteroatoms. The van der Waals surface area contributed by atoms with E-state index in [4.69, 9.17) is 5.84 Å². The average Bonchev–Trinajstić information content (AvgIpc) is 3.26. The molecule has 1 aromatic heterocycles. The molecule has 0 aliphatic heterocycles. The lowest BCUT2D eigenvalue weighted by Crippen LogP contribution is -2.31. The lowest BCUT2D eigenvalue weighted by molar-refractivity contribution is 0.0956. The number of nitrogens with zero attached hydrogens (tertiary/aromatic N) is 1. The lowest BCUT2D eigenvalue weighted by Gasteiger charge is -2.20. The van der Waals surface area contributed by atoms with E-state index >= 15 is 0 Å². The molecule has 0 saturated heterocycles. The Morgan fingerprint density at radius 1 is 1.52 bits per heavy atom. The second-order valence-electron chi connectivity index (χ2n) is 5.29. The molecule has 21 heavy (non-hydrogen) atoms. The van der Waals surface area contributed by atoms with Gasteiger partial charge in [0.1, 0.15) is 5.82 Å². The molecule has 0 atom stereocenters. The van der Waals surface area contributed by atoms with Crippen LogP contribution in [0.1, 0.15) is 35.0 Å². The number of hydrogen-bond acceptors (Lipinski definition) is 4. The van der Waals surface area contributed by atoms with Crippen molar-refractivity contribution in [2.75, 3.05) is 6.54 Å². The van der Waals surface area contributed by atoms with E-state index in [0.29, 0.717) is 22.8 Å². The van der Waals surface area contributed by atoms with Gasteiger partial charge in [0.05, 0.1) is 4.88 Å². The molecule has 112 valence electrons. The van der Waals surface area contributed by atoms with Crippen LogP contribution in [0.3, 0.4) is 0 Å². The second kappa shape index (κ2) is 5.71. The SMILES string of the molecule is CCN(Cc1c(C(=O)NN)sc2cccc(F)c12)C1CC1. The molecule has 0 unspecified atom stereocenters. The maximum atomic E-state index is 14.2. The number of nitrogens with one attached hydrogen (secondary N) is 1. The van der Waals surface area contributed by atoms with Gasteiger partial charge in [-0.1, -0.05) is 13.0 Å². The summed E-state index contributed by atoms with van der Waals surface area (Å²) in [6, 6.07) is 5.51. The largest absolute Gasteiger partial charge is 0.296 e. The van der Waals surface area contributed by atoms with E-state index in [-0.39, 0.29) is 11.7 Å². The number of thiophene rings is 1. The summed E-state index contributed by atoms with van der Waals surface area (Å²) in [5, 5.41) is 0.556. The molecule has 1 aliphatic rings. The minimum absolute atomic E-state index is 0.276. The van der Waals surface area contributed by atoms with E-state index in [1.165, 1.54) is 30.2 Å². The summed E-state index contributed by atoms with van der Waals surface area (Å²) in [4.78, 5) is 14.8. The quantitative estimate of drug-likeness (QED) is 0.507. The summed E-state index contributed by atoms with van der Waals surface area (Å²) in [6.45, 7) is 3.57. The van der Waals surface area contributed by atoms with E-state index in [0.717, 1.165) is 16.8 Å². The summed E-state index contributed by atoms with van der Waals surface area (Å²) in [5.74, 6) is 4.64. The summed E-state index contributed by atoms with van der Waals surface area (Å²) >= 11 is 1.30. The van der Waals surface area contributed by atoms with Crippen LogP contribution in [0.2, 0.25) is 0 Å². The van der Waals surface area contributed by atoms with Crippen LogP contribution in [-0.4, -0.2) is 23.4 Å². The molecule has 1 amide bonds. The predicted molar refractivity (Wildman–Crippen MR) is 82.5 cm³/mol. The number of hydrazine groups is 1. The highest BCUT2D eigenvalue weighted by atomic mass is 32.1. The first-order valence-electron chi connectivity index (χ1n) is 7.10. The molecular weight excluding hydrogens is 289 g/mol. The highest BCUT2D eigenvalue weighted by molar-refractivity contribution is 7.21. The predicted octanol–water partition coefficient (Wildman–Crippen LogP) is 2.63. The van der Waals surface area contributed by atoms with Crippen molar-refractivity contribution < 1.29 is 9.18 Å². The number of rotatable bonds is 5. The van der Waals surface area contributed by atoms with Gasteiger partial charge in [0.2, 0.25) is 0 Å². The molecule has 3 N–H and O–H groups in total. The van der Waals surface area contributed by atoms with Gasteiger partial charge in [-0.2, -0.15) is 0 Å². The molecule has 4 nitrogen and oxygen atoms in total. The monoisotopic (exact) mass is 307 g/mol. The lowest BCUT2D eigenvalue weighted by atomic mass is 10.1. The minimum Gasteiger partial charge on any atom is -0.296 e. The van der Waals surface area contributed by atoms with E-state index in [9.17, 15) is 9.18 Å². The number of amides is 1. The Morgan fingerprint density at radius 2 is 2.29 bits per heavy atom. The summed E-state index contributed by atoms with van der Waals surface area (Å²) in [5.41, 5.74) is 2.92. The van der Waals surface area contributed by atoms with Gasteiger partial charge in [-0.05, 0) is 31.5 Å². The highest BCUT2D eigenvalue weighted by Crippen LogP contribution is 2.36. The summed E-state index contributed by atoms with van der Waals surface area (Å²) in [6.07, 6.45) is 2.35. The minimum atomic E-state index is -0.350. The fraction of sp³-hybridized carbons (Fsp3) is 0.400. The average molecular weight is 307 g/mol. The van der Waals surface area contributed by atoms with Crippen LogP contribution in [0.25, 0.3) is 10.1 Å². The van der Waals surface area contributed by atoms with Crippen molar-refractivity contribution in [3.05, 3.63) is 34.5 Å².